The van der Waals surface area contributed by atoms with Crippen molar-refractivity contribution in [3.8, 4) is 0 Å². The van der Waals surface area contributed by atoms with Crippen molar-refractivity contribution < 1.29 is 23.7 Å². The normalized spacial score (nSPS) is 10.3. The summed E-state index contributed by atoms with van der Waals surface area (Å²) in [5, 5.41) is 0. The van der Waals surface area contributed by atoms with Gasteiger partial charge in [0.1, 0.15) is 0 Å². The van der Waals surface area contributed by atoms with Gasteiger partial charge < -0.3 is 4.52 Å². The van der Waals surface area contributed by atoms with Crippen molar-refractivity contribution in [1.82, 2.24) is 0 Å². The van der Waals surface area contributed by atoms with Crippen molar-refractivity contribution in [3.63, 3.8) is 0 Å². The predicted octanol–water partition coefficient (Wildman–Crippen LogP) is 3.94. The molecule has 0 spiro atoms. The van der Waals surface area contributed by atoms with Crippen molar-refractivity contribution in [3.05, 3.63) is 0 Å². The standard InChI is InChI=1S/C18H37O5P.3Na.3H/c1-2-3-4-5-6-7-8-9-10-11-12-13-14-15-16-17-18(19)23-24(20,21)22;;;;;;/h2-17H2,1H3,(H2,20,21,22);;;;;;. The number of carbonyl (C=O) groups is 1. The second-order valence-corrected chi connectivity index (χ2v) is 7.82. The van der Waals surface area contributed by atoms with Gasteiger partial charge in [-0.1, -0.05) is 96.8 Å². The molecule has 0 amide bonds. The van der Waals surface area contributed by atoms with Gasteiger partial charge in [-0.05, 0) is 6.42 Å². The van der Waals surface area contributed by atoms with Gasteiger partial charge in [0.2, 0.25) is 0 Å². The summed E-state index contributed by atoms with van der Waals surface area (Å²) in [6.07, 6.45) is 18.7. The molecular weight excluding hydrogens is 396 g/mol. The fourth-order valence-corrected chi connectivity index (χ4v) is 3.18. The zero-order valence-corrected chi connectivity index (χ0v) is 16.3. The van der Waals surface area contributed by atoms with Gasteiger partial charge in [-0.15, -0.1) is 0 Å². The Balaban J connectivity index is -0.000000882. The van der Waals surface area contributed by atoms with Gasteiger partial charge in [0, 0.05) is 6.42 Å². The summed E-state index contributed by atoms with van der Waals surface area (Å²) in [4.78, 5) is 28.0. The average molecular weight is 436 g/mol. The molecule has 0 saturated carbocycles. The Morgan fingerprint density at radius 3 is 1.26 bits per heavy atom. The Labute approximate surface area is 233 Å². The molecule has 0 fully saturated rings. The second kappa shape index (κ2) is 26.7. The molecule has 0 heterocycles. The number of rotatable bonds is 17. The Morgan fingerprint density at radius 1 is 0.667 bits per heavy atom. The number of phosphoric acid groups is 1. The minimum atomic E-state index is -4.66. The number of hydrogen-bond acceptors (Lipinski definition) is 3. The fourth-order valence-electron chi connectivity index (χ4n) is 2.82. The number of unbranched alkanes of at least 4 members (excludes halogenated alkanes) is 14. The van der Waals surface area contributed by atoms with Crippen molar-refractivity contribution in [2.24, 2.45) is 0 Å². The molecule has 9 heteroatoms. The third-order valence-electron chi connectivity index (χ3n) is 4.21. The summed E-state index contributed by atoms with van der Waals surface area (Å²) >= 11 is 0. The van der Waals surface area contributed by atoms with E-state index in [9.17, 15) is 9.36 Å². The van der Waals surface area contributed by atoms with Gasteiger partial charge in [0.25, 0.3) is 0 Å². The van der Waals surface area contributed by atoms with Crippen LogP contribution in [0.3, 0.4) is 0 Å². The minimum absolute atomic E-state index is 0. The Morgan fingerprint density at radius 2 is 0.963 bits per heavy atom. The number of carbonyl (C=O) groups excluding carboxylic acids is 1. The topological polar surface area (TPSA) is 83.8 Å². The molecule has 0 aliphatic carbocycles. The molecular formula is C18H40Na3O5P. The van der Waals surface area contributed by atoms with Crippen LogP contribution in [0, 0.1) is 0 Å². The quantitative estimate of drug-likeness (QED) is 0.205. The molecule has 150 valence electrons. The first-order valence-electron chi connectivity index (χ1n) is 9.73. The summed E-state index contributed by atoms with van der Waals surface area (Å²) in [6.45, 7) is 2.25. The molecule has 27 heavy (non-hydrogen) atoms. The van der Waals surface area contributed by atoms with E-state index in [-0.39, 0.29) is 95.1 Å². The second-order valence-electron chi connectivity index (χ2n) is 6.65. The van der Waals surface area contributed by atoms with Crippen molar-refractivity contribution in [2.75, 3.05) is 0 Å². The molecule has 0 aromatic heterocycles. The van der Waals surface area contributed by atoms with Crippen LogP contribution in [0.5, 0.6) is 0 Å². The van der Waals surface area contributed by atoms with Crippen molar-refractivity contribution in [2.45, 2.75) is 110 Å². The summed E-state index contributed by atoms with van der Waals surface area (Å²) in [5.74, 6) is -0.807. The zero-order valence-electron chi connectivity index (χ0n) is 15.4. The van der Waals surface area contributed by atoms with E-state index >= 15 is 0 Å². The Bertz CT molecular complexity index is 354. The van der Waals surface area contributed by atoms with E-state index in [0.717, 1.165) is 12.8 Å². The Hall–Kier alpha value is 2.62. The van der Waals surface area contributed by atoms with Crippen LogP contribution in [0.1, 0.15) is 110 Å². The van der Waals surface area contributed by atoms with E-state index in [1.165, 1.54) is 77.0 Å². The van der Waals surface area contributed by atoms with Crippen LogP contribution < -0.4 is 0 Å². The Kier molecular flexibility index (Phi) is 36.5. The summed E-state index contributed by atoms with van der Waals surface area (Å²) in [6, 6.07) is 0. The van der Waals surface area contributed by atoms with E-state index < -0.39 is 13.8 Å². The summed E-state index contributed by atoms with van der Waals surface area (Å²) in [5.41, 5.74) is 0. The average Bonchev–Trinajstić information content (AvgIpc) is 2.49. The molecule has 0 atom stereocenters. The third kappa shape index (κ3) is 33.5. The van der Waals surface area contributed by atoms with Gasteiger partial charge in [0.15, 0.2) is 0 Å². The van der Waals surface area contributed by atoms with Gasteiger partial charge in [0.05, 0.1) is 0 Å². The summed E-state index contributed by atoms with van der Waals surface area (Å²) in [7, 11) is -4.66. The first-order chi connectivity index (χ1) is 11.5. The third-order valence-corrected chi connectivity index (χ3v) is 4.65. The molecule has 0 aliphatic heterocycles. The van der Waals surface area contributed by atoms with Crippen LogP contribution in [-0.2, 0) is 13.9 Å². The molecule has 0 saturated heterocycles. The summed E-state index contributed by atoms with van der Waals surface area (Å²) < 4.78 is 14.4. The monoisotopic (exact) mass is 436 g/mol. The van der Waals surface area contributed by atoms with Crippen LogP contribution in [0.2, 0.25) is 0 Å². The molecule has 0 unspecified atom stereocenters. The van der Waals surface area contributed by atoms with Crippen LogP contribution >= 0.6 is 7.82 Å². The van der Waals surface area contributed by atoms with Crippen LogP contribution in [0.4, 0.5) is 0 Å². The van der Waals surface area contributed by atoms with Crippen molar-refractivity contribution in [1.29, 1.82) is 0 Å². The molecule has 5 nitrogen and oxygen atoms in total. The SMILES string of the molecule is CCCCCCCCCCCCCCCCCC(=O)OP(=O)(O)O.[NaH].[NaH].[NaH]. The number of phosphoric ester groups is 1. The molecule has 0 rings (SSSR count). The van der Waals surface area contributed by atoms with Gasteiger partial charge >= 0.3 is 102 Å². The van der Waals surface area contributed by atoms with Crippen LogP contribution in [0.25, 0.3) is 0 Å². The van der Waals surface area contributed by atoms with E-state index in [1.54, 1.807) is 0 Å². The van der Waals surface area contributed by atoms with Gasteiger partial charge in [-0.2, -0.15) is 0 Å². The van der Waals surface area contributed by atoms with Gasteiger partial charge in [-0.25, -0.2) is 4.57 Å². The molecule has 0 aliphatic rings. The molecule has 0 bridgehead atoms. The molecule has 2 N–H and O–H groups in total. The molecule has 0 aromatic rings. The van der Waals surface area contributed by atoms with Crippen LogP contribution in [-0.4, -0.2) is 104 Å². The fraction of sp³-hybridized carbons (Fsp3) is 0.944. The molecule has 0 radical (unpaired) electrons. The van der Waals surface area contributed by atoms with Crippen LogP contribution in [0.15, 0.2) is 0 Å². The first kappa shape index (κ1) is 37.0. The van der Waals surface area contributed by atoms with E-state index in [1.807, 2.05) is 0 Å². The maximum atomic E-state index is 11.1. The van der Waals surface area contributed by atoms with E-state index in [0.29, 0.717) is 6.42 Å². The van der Waals surface area contributed by atoms with Crippen molar-refractivity contribution >= 4 is 102 Å². The number of hydrogen-bond donors (Lipinski definition) is 2. The van der Waals surface area contributed by atoms with E-state index in [4.69, 9.17) is 9.79 Å². The maximum absolute atomic E-state index is 11.1. The first-order valence-corrected chi connectivity index (χ1v) is 11.3. The van der Waals surface area contributed by atoms with Gasteiger partial charge in [-0.3, -0.25) is 14.6 Å². The molecule has 0 aromatic carbocycles. The van der Waals surface area contributed by atoms with E-state index in [2.05, 4.69) is 11.4 Å². The predicted molar refractivity (Wildman–Crippen MR) is 119 cm³/mol. The zero-order chi connectivity index (χ0) is 18.1.